The maximum Gasteiger partial charge on any atom is 0.222 e. The Kier molecular flexibility index (Phi) is 5.46. The van der Waals surface area contributed by atoms with Gasteiger partial charge in [-0.3, -0.25) is 14.5 Å². The van der Waals surface area contributed by atoms with Crippen LogP contribution in [-0.2, 0) is 11.3 Å². The van der Waals surface area contributed by atoms with Gasteiger partial charge in [-0.2, -0.15) is 5.10 Å². The second kappa shape index (κ2) is 7.61. The van der Waals surface area contributed by atoms with Crippen LogP contribution in [-0.4, -0.2) is 33.8 Å². The van der Waals surface area contributed by atoms with Crippen molar-refractivity contribution < 1.29 is 9.53 Å². The number of aromatic amines is 1. The van der Waals surface area contributed by atoms with Crippen molar-refractivity contribution in [2.24, 2.45) is 5.41 Å². The van der Waals surface area contributed by atoms with E-state index in [-0.39, 0.29) is 17.4 Å². The van der Waals surface area contributed by atoms with Crippen LogP contribution in [0.25, 0.3) is 11.4 Å². The van der Waals surface area contributed by atoms with Crippen LogP contribution in [0.2, 0.25) is 0 Å². The first-order valence-corrected chi connectivity index (χ1v) is 9.40. The van der Waals surface area contributed by atoms with Crippen LogP contribution >= 0.6 is 12.2 Å². The molecular formula is C19H26N4O2S. The zero-order valence-corrected chi connectivity index (χ0v) is 16.4. The normalized spacial score (nSPS) is 18.7. The Hall–Kier alpha value is -2.15. The van der Waals surface area contributed by atoms with Gasteiger partial charge in [0.05, 0.1) is 7.11 Å². The number of nitrogens with zero attached hydrogens (tertiary/aromatic N) is 2. The first-order chi connectivity index (χ1) is 12.4. The predicted molar refractivity (Wildman–Crippen MR) is 104 cm³/mol. The second-order valence-corrected chi connectivity index (χ2v) is 7.87. The second-order valence-electron chi connectivity index (χ2n) is 7.48. The third-order valence-electron chi connectivity index (χ3n) is 5.26. The van der Waals surface area contributed by atoms with E-state index in [4.69, 9.17) is 17.0 Å². The van der Waals surface area contributed by atoms with Gasteiger partial charge in [-0.1, -0.05) is 20.3 Å². The van der Waals surface area contributed by atoms with Crippen molar-refractivity contribution in [2.45, 2.75) is 52.1 Å². The number of ether oxygens (including phenoxy) is 1. The highest BCUT2D eigenvalue weighted by Gasteiger charge is 2.35. The SMILES string of the molecule is COc1ccc(-c2n[nH]c(=S)n2CCC(=O)N[C@@H]2CCCC2(C)C)cc1. The molecule has 0 unspecified atom stereocenters. The van der Waals surface area contributed by atoms with Crippen LogP contribution in [0.5, 0.6) is 5.75 Å². The van der Waals surface area contributed by atoms with Crippen LogP contribution in [0.15, 0.2) is 24.3 Å². The number of methoxy groups -OCH3 is 1. The molecule has 0 saturated heterocycles. The number of rotatable bonds is 6. The van der Waals surface area contributed by atoms with Gasteiger partial charge in [0.15, 0.2) is 10.6 Å². The molecule has 1 aromatic carbocycles. The molecule has 1 aliphatic rings. The molecule has 0 aliphatic heterocycles. The molecule has 0 bridgehead atoms. The fourth-order valence-corrected chi connectivity index (χ4v) is 3.78. The summed E-state index contributed by atoms with van der Waals surface area (Å²) in [6.45, 7) is 4.94. The average molecular weight is 375 g/mol. The molecule has 2 aromatic rings. The summed E-state index contributed by atoms with van der Waals surface area (Å²) < 4.78 is 7.58. The number of carbonyl (C=O) groups is 1. The summed E-state index contributed by atoms with van der Waals surface area (Å²) >= 11 is 5.34. The smallest absolute Gasteiger partial charge is 0.222 e. The van der Waals surface area contributed by atoms with Crippen molar-refractivity contribution in [3.8, 4) is 17.1 Å². The summed E-state index contributed by atoms with van der Waals surface area (Å²) in [5.41, 5.74) is 1.10. The van der Waals surface area contributed by atoms with E-state index in [9.17, 15) is 4.79 Å². The first-order valence-electron chi connectivity index (χ1n) is 9.00. The Morgan fingerprint density at radius 3 is 2.77 bits per heavy atom. The summed E-state index contributed by atoms with van der Waals surface area (Å²) in [5, 5.41) is 10.3. The molecule has 140 valence electrons. The highest BCUT2D eigenvalue weighted by atomic mass is 32.1. The van der Waals surface area contributed by atoms with Crippen molar-refractivity contribution >= 4 is 18.1 Å². The van der Waals surface area contributed by atoms with Gasteiger partial charge >= 0.3 is 0 Å². The van der Waals surface area contributed by atoms with E-state index in [0.29, 0.717) is 17.7 Å². The molecule has 3 rings (SSSR count). The van der Waals surface area contributed by atoms with Crippen molar-refractivity contribution in [3.05, 3.63) is 29.0 Å². The fourth-order valence-electron chi connectivity index (χ4n) is 3.56. The quantitative estimate of drug-likeness (QED) is 0.756. The summed E-state index contributed by atoms with van der Waals surface area (Å²) in [6.07, 6.45) is 3.77. The number of benzene rings is 1. The van der Waals surface area contributed by atoms with Gasteiger partial charge in [0, 0.05) is 24.6 Å². The van der Waals surface area contributed by atoms with Gasteiger partial charge in [-0.15, -0.1) is 0 Å². The van der Waals surface area contributed by atoms with Gasteiger partial charge in [-0.05, 0) is 54.7 Å². The number of nitrogens with one attached hydrogen (secondary N) is 2. The van der Waals surface area contributed by atoms with Crippen molar-refractivity contribution in [1.82, 2.24) is 20.1 Å². The standard InChI is InChI=1S/C19H26N4O2S/c1-19(2)11-4-5-15(19)20-16(24)10-12-23-17(21-22-18(23)26)13-6-8-14(25-3)9-7-13/h6-9,15H,4-5,10-12H2,1-3H3,(H,20,24)(H,22,26)/t15-/m1/s1. The minimum atomic E-state index is 0.0637. The van der Waals surface area contributed by atoms with E-state index >= 15 is 0 Å². The highest BCUT2D eigenvalue weighted by molar-refractivity contribution is 7.71. The summed E-state index contributed by atoms with van der Waals surface area (Å²) in [6, 6.07) is 7.88. The van der Waals surface area contributed by atoms with Crippen LogP contribution in [0.1, 0.15) is 39.5 Å². The van der Waals surface area contributed by atoms with Crippen LogP contribution in [0.4, 0.5) is 0 Å². The fraction of sp³-hybridized carbons (Fsp3) is 0.526. The van der Waals surface area contributed by atoms with Crippen LogP contribution in [0.3, 0.4) is 0 Å². The van der Waals surface area contributed by atoms with Gasteiger partial charge in [0.25, 0.3) is 0 Å². The number of aromatic nitrogens is 3. The Labute approximate surface area is 159 Å². The molecule has 1 heterocycles. The summed E-state index contributed by atoms with van der Waals surface area (Å²) in [4.78, 5) is 12.4. The predicted octanol–water partition coefficient (Wildman–Crippen LogP) is 3.70. The zero-order valence-electron chi connectivity index (χ0n) is 15.5. The highest BCUT2D eigenvalue weighted by Crippen LogP contribution is 2.37. The number of hydrogen-bond donors (Lipinski definition) is 2. The van der Waals surface area contributed by atoms with E-state index in [0.717, 1.165) is 30.0 Å². The maximum atomic E-state index is 12.4. The van der Waals surface area contributed by atoms with Gasteiger partial charge in [0.2, 0.25) is 5.91 Å². The van der Waals surface area contributed by atoms with Crippen molar-refractivity contribution in [2.75, 3.05) is 7.11 Å². The molecule has 1 fully saturated rings. The van der Waals surface area contributed by atoms with Crippen molar-refractivity contribution in [1.29, 1.82) is 0 Å². The molecule has 2 N–H and O–H groups in total. The third kappa shape index (κ3) is 3.98. The molecule has 1 amide bonds. The maximum absolute atomic E-state index is 12.4. The largest absolute Gasteiger partial charge is 0.497 e. The van der Waals surface area contributed by atoms with E-state index < -0.39 is 0 Å². The Morgan fingerprint density at radius 1 is 1.42 bits per heavy atom. The minimum Gasteiger partial charge on any atom is -0.497 e. The summed E-state index contributed by atoms with van der Waals surface area (Å²) in [7, 11) is 1.63. The minimum absolute atomic E-state index is 0.0637. The molecule has 6 nitrogen and oxygen atoms in total. The Balaban J connectivity index is 1.67. The lowest BCUT2D eigenvalue weighted by Crippen LogP contribution is -2.41. The molecule has 26 heavy (non-hydrogen) atoms. The van der Waals surface area contributed by atoms with Gasteiger partial charge < -0.3 is 10.1 Å². The van der Waals surface area contributed by atoms with Gasteiger partial charge in [0.1, 0.15) is 5.75 Å². The van der Waals surface area contributed by atoms with E-state index in [2.05, 4.69) is 29.4 Å². The molecule has 1 atom stereocenters. The topological polar surface area (TPSA) is 71.9 Å². The Morgan fingerprint density at radius 2 is 2.15 bits per heavy atom. The number of H-pyrrole nitrogens is 1. The molecule has 0 spiro atoms. The van der Waals surface area contributed by atoms with Crippen LogP contribution in [0, 0.1) is 10.2 Å². The lowest BCUT2D eigenvalue weighted by molar-refractivity contribution is -0.122. The molecule has 0 radical (unpaired) electrons. The number of amides is 1. The molecule has 1 aliphatic carbocycles. The average Bonchev–Trinajstić information content (AvgIpc) is 3.15. The monoisotopic (exact) mass is 374 g/mol. The lowest BCUT2D eigenvalue weighted by Gasteiger charge is -2.27. The molecular weight excluding hydrogens is 348 g/mol. The van der Waals surface area contributed by atoms with E-state index in [1.165, 1.54) is 6.42 Å². The number of hydrogen-bond acceptors (Lipinski definition) is 4. The third-order valence-corrected chi connectivity index (χ3v) is 5.57. The lowest BCUT2D eigenvalue weighted by atomic mass is 9.87. The molecule has 1 saturated carbocycles. The van der Waals surface area contributed by atoms with E-state index in [1.807, 2.05) is 28.8 Å². The molecule has 7 heteroatoms. The zero-order chi connectivity index (χ0) is 18.7. The first kappa shape index (κ1) is 18.6. The van der Waals surface area contributed by atoms with Gasteiger partial charge in [-0.25, -0.2) is 0 Å². The van der Waals surface area contributed by atoms with E-state index in [1.54, 1.807) is 7.11 Å². The summed E-state index contributed by atoms with van der Waals surface area (Å²) in [5.74, 6) is 1.58. The van der Waals surface area contributed by atoms with Crippen LogP contribution < -0.4 is 10.1 Å². The molecule has 1 aromatic heterocycles. The number of carbonyl (C=O) groups excluding carboxylic acids is 1. The Bertz CT molecular complexity index is 823. The van der Waals surface area contributed by atoms with Crippen molar-refractivity contribution in [3.63, 3.8) is 0 Å².